The van der Waals surface area contributed by atoms with Crippen LogP contribution in [0.1, 0.15) is 76.3 Å². The lowest BCUT2D eigenvalue weighted by atomic mass is 9.84. The van der Waals surface area contributed by atoms with Crippen LogP contribution < -0.4 is 9.80 Å². The summed E-state index contributed by atoms with van der Waals surface area (Å²) in [5, 5.41) is 9.46. The number of hydrogen-bond donors (Lipinski definition) is 0. The third-order valence-electron chi connectivity index (χ3n) is 16.8. The van der Waals surface area contributed by atoms with Gasteiger partial charge in [-0.2, -0.15) is 0 Å². The number of unbranched alkanes of at least 4 members (excludes halogenated alkanes) is 4. The van der Waals surface area contributed by atoms with Gasteiger partial charge in [-0.3, -0.25) is 0 Å². The zero-order valence-electron chi connectivity index (χ0n) is 46.1. The summed E-state index contributed by atoms with van der Waals surface area (Å²) in [4.78, 5) is 4.78. The molecule has 2 aliphatic heterocycles. The molecule has 12 rings (SSSR count). The number of anilines is 6. The minimum Gasteiger partial charge on any atom is -0.456 e. The Labute approximate surface area is 465 Å². The first-order valence-electron chi connectivity index (χ1n) is 28.9. The molecular formula is C70H74N2O7. The molecule has 406 valence electrons. The van der Waals surface area contributed by atoms with Crippen LogP contribution in [0.4, 0.5) is 34.1 Å². The normalized spacial score (nSPS) is 14.9. The topological polar surface area (TPSA) is 75.0 Å². The van der Waals surface area contributed by atoms with Gasteiger partial charge in [0.05, 0.1) is 64.2 Å². The van der Waals surface area contributed by atoms with Gasteiger partial charge in [0.2, 0.25) is 0 Å². The maximum atomic E-state index is 6.53. The van der Waals surface area contributed by atoms with E-state index in [1.54, 1.807) is 0 Å². The summed E-state index contributed by atoms with van der Waals surface area (Å²) in [5.41, 5.74) is 11.0. The van der Waals surface area contributed by atoms with Crippen LogP contribution in [0.25, 0.3) is 54.3 Å². The Kier molecular flexibility index (Phi) is 16.2. The molecule has 3 heterocycles. The van der Waals surface area contributed by atoms with Crippen LogP contribution in [0, 0.1) is 10.8 Å². The van der Waals surface area contributed by atoms with Crippen LogP contribution in [0.5, 0.6) is 0 Å². The molecule has 2 aliphatic rings. The number of benzene rings is 9. The van der Waals surface area contributed by atoms with Crippen LogP contribution in [-0.4, -0.2) is 66.1 Å². The van der Waals surface area contributed by atoms with Gasteiger partial charge in [0, 0.05) is 87.6 Å². The summed E-state index contributed by atoms with van der Waals surface area (Å²) >= 11 is 0. The van der Waals surface area contributed by atoms with Crippen molar-refractivity contribution in [3.8, 4) is 0 Å². The molecule has 0 bridgehead atoms. The number of fused-ring (bicyclic) bond motifs is 3. The predicted octanol–water partition coefficient (Wildman–Crippen LogP) is 17.7. The van der Waals surface area contributed by atoms with Crippen molar-refractivity contribution in [1.29, 1.82) is 0 Å². The van der Waals surface area contributed by atoms with E-state index < -0.39 is 0 Å². The number of ether oxygens (including phenoxy) is 6. The minimum atomic E-state index is 0.240. The highest BCUT2D eigenvalue weighted by atomic mass is 16.5. The van der Waals surface area contributed by atoms with E-state index in [0.717, 1.165) is 185 Å². The number of rotatable bonds is 28. The third-order valence-corrected chi connectivity index (χ3v) is 16.8. The van der Waals surface area contributed by atoms with Crippen LogP contribution in [0.2, 0.25) is 0 Å². The lowest BCUT2D eigenvalue weighted by molar-refractivity contribution is -0.150. The first-order valence-corrected chi connectivity index (χ1v) is 28.9. The Balaban J connectivity index is 0.794. The number of para-hydroxylation sites is 2. The van der Waals surface area contributed by atoms with Gasteiger partial charge < -0.3 is 42.6 Å². The van der Waals surface area contributed by atoms with E-state index in [2.05, 4.69) is 181 Å². The highest BCUT2D eigenvalue weighted by molar-refractivity contribution is 6.28. The summed E-state index contributed by atoms with van der Waals surface area (Å²) in [5.74, 6) is 0. The standard InChI is InChI=1S/C70H74N2O7/c1-3-69(47-77-48-69)45-75-40-14-6-12-38-73-43-51-20-28-56(29-21-51)71(55-16-8-5-9-17-55)63-36-26-53-25-34-62-64(37-27-54-24-33-61(63)67(53)68(54)62)72(58-32-35-60-59-18-10-11-19-65(59)79-66(60)42-58)57-30-22-52(23-31-57)44-74-39-13-7-15-41-76-46-70(4-2)49-78-50-70/h5,8-11,16-37,42H,3-4,6-7,12-15,38-41,43-50H2,1-2H3. The van der Waals surface area contributed by atoms with Crippen molar-refractivity contribution in [3.05, 3.63) is 181 Å². The van der Waals surface area contributed by atoms with Gasteiger partial charge in [0.1, 0.15) is 11.2 Å². The zero-order valence-corrected chi connectivity index (χ0v) is 46.1. The molecule has 0 atom stereocenters. The van der Waals surface area contributed by atoms with Gasteiger partial charge in [-0.1, -0.05) is 111 Å². The molecule has 79 heavy (non-hydrogen) atoms. The van der Waals surface area contributed by atoms with Gasteiger partial charge in [0.15, 0.2) is 0 Å². The van der Waals surface area contributed by atoms with Crippen molar-refractivity contribution in [2.45, 2.75) is 78.4 Å². The SMILES string of the molecule is CCC1(COCCCCCOCc2ccc(N(c3ccccc3)c3ccc4ccc5c(N(c6ccc(COCCCCCOCC7(CC)COC7)cc6)c6ccc7c(c6)oc6ccccc67)ccc6ccc3c4c65)cc2)COC1. The maximum absolute atomic E-state index is 6.53. The van der Waals surface area contributed by atoms with Crippen molar-refractivity contribution in [3.63, 3.8) is 0 Å². The fourth-order valence-electron chi connectivity index (χ4n) is 11.6. The van der Waals surface area contributed by atoms with Crippen molar-refractivity contribution >= 4 is 88.4 Å². The molecule has 2 fully saturated rings. The number of furan rings is 1. The number of nitrogens with zero attached hydrogens (tertiary/aromatic N) is 2. The van der Waals surface area contributed by atoms with Gasteiger partial charge in [-0.15, -0.1) is 0 Å². The summed E-state index contributed by atoms with van der Waals surface area (Å²) < 4.78 is 41.9. The van der Waals surface area contributed by atoms with Crippen LogP contribution >= 0.6 is 0 Å². The van der Waals surface area contributed by atoms with Crippen LogP contribution in [0.3, 0.4) is 0 Å². The molecule has 9 nitrogen and oxygen atoms in total. The molecule has 0 aliphatic carbocycles. The minimum absolute atomic E-state index is 0.240. The fourth-order valence-corrected chi connectivity index (χ4v) is 11.6. The quantitative estimate of drug-likeness (QED) is 0.0352. The molecular weight excluding hydrogens is 981 g/mol. The molecule has 0 N–H and O–H groups in total. The van der Waals surface area contributed by atoms with E-state index in [4.69, 9.17) is 32.8 Å². The molecule has 0 unspecified atom stereocenters. The van der Waals surface area contributed by atoms with Gasteiger partial charge >= 0.3 is 0 Å². The Hall–Kier alpha value is -6.82. The Morgan fingerprint density at radius 3 is 1.33 bits per heavy atom. The van der Waals surface area contributed by atoms with E-state index >= 15 is 0 Å². The average Bonchev–Trinajstić information content (AvgIpc) is 4.03. The van der Waals surface area contributed by atoms with E-state index in [-0.39, 0.29) is 10.8 Å². The molecule has 1 aromatic heterocycles. The van der Waals surface area contributed by atoms with Crippen LogP contribution in [0.15, 0.2) is 174 Å². The molecule has 0 spiro atoms. The molecule has 0 radical (unpaired) electrons. The summed E-state index contributed by atoms with van der Waals surface area (Å²) in [6.07, 6.45) is 8.55. The van der Waals surface area contributed by atoms with Crippen molar-refractivity contribution < 1.29 is 32.8 Å². The van der Waals surface area contributed by atoms with Crippen molar-refractivity contribution in [2.24, 2.45) is 10.8 Å². The fraction of sp³-hybridized carbons (Fsp3) is 0.343. The lowest BCUT2D eigenvalue weighted by Crippen LogP contribution is -2.45. The number of hydrogen-bond acceptors (Lipinski definition) is 9. The summed E-state index contributed by atoms with van der Waals surface area (Å²) in [6, 6.07) is 61.7. The van der Waals surface area contributed by atoms with E-state index in [1.165, 1.54) is 32.3 Å². The van der Waals surface area contributed by atoms with Gasteiger partial charge in [0.25, 0.3) is 0 Å². The molecule has 10 aromatic rings. The van der Waals surface area contributed by atoms with E-state index in [1.807, 2.05) is 12.1 Å². The first kappa shape index (κ1) is 52.9. The van der Waals surface area contributed by atoms with E-state index in [0.29, 0.717) is 13.2 Å². The molecule has 9 heteroatoms. The van der Waals surface area contributed by atoms with Gasteiger partial charge in [-0.05, 0) is 151 Å². The van der Waals surface area contributed by atoms with Crippen LogP contribution in [-0.2, 0) is 41.6 Å². The summed E-state index contributed by atoms with van der Waals surface area (Å²) in [6.45, 7) is 13.6. The van der Waals surface area contributed by atoms with E-state index in [9.17, 15) is 0 Å². The van der Waals surface area contributed by atoms with Crippen molar-refractivity contribution in [1.82, 2.24) is 0 Å². The molecule has 9 aromatic carbocycles. The summed E-state index contributed by atoms with van der Waals surface area (Å²) in [7, 11) is 0. The second-order valence-corrected chi connectivity index (χ2v) is 22.2. The highest BCUT2D eigenvalue weighted by Gasteiger charge is 2.38. The molecule has 2 saturated heterocycles. The monoisotopic (exact) mass is 1050 g/mol. The smallest absolute Gasteiger partial charge is 0.137 e. The third kappa shape index (κ3) is 11.4. The van der Waals surface area contributed by atoms with Gasteiger partial charge in [-0.25, -0.2) is 0 Å². The largest absolute Gasteiger partial charge is 0.456 e. The Morgan fingerprint density at radius 2 is 0.823 bits per heavy atom. The first-order chi connectivity index (χ1) is 39.0. The highest BCUT2D eigenvalue weighted by Crippen LogP contribution is 2.48. The van der Waals surface area contributed by atoms with Crippen molar-refractivity contribution in [2.75, 3.05) is 75.9 Å². The molecule has 0 saturated carbocycles. The zero-order chi connectivity index (χ0) is 53.4. The Morgan fingerprint density at radius 1 is 0.392 bits per heavy atom. The second-order valence-electron chi connectivity index (χ2n) is 22.2. The second kappa shape index (κ2) is 24.3. The maximum Gasteiger partial charge on any atom is 0.137 e. The lowest BCUT2D eigenvalue weighted by Gasteiger charge is -2.40. The average molecular weight is 1060 g/mol. The molecule has 0 amide bonds. The Bertz CT molecular complexity index is 3580. The predicted molar refractivity (Wildman–Crippen MR) is 323 cm³/mol.